The first-order valence-electron chi connectivity index (χ1n) is 7.40. The van der Waals surface area contributed by atoms with Gasteiger partial charge in [-0.25, -0.2) is 0 Å². The molecule has 0 aromatic heterocycles. The van der Waals surface area contributed by atoms with Crippen molar-refractivity contribution in [2.24, 2.45) is 28.4 Å². The van der Waals surface area contributed by atoms with Gasteiger partial charge in [0.15, 0.2) is 0 Å². The third-order valence-electron chi connectivity index (χ3n) is 6.40. The Bertz CT molecular complexity index is 395. The molecule has 2 N–H and O–H groups in total. The maximum Gasteiger partial charge on any atom is 0.313 e. The first kappa shape index (κ1) is 13.4. The van der Waals surface area contributed by atoms with E-state index in [0.717, 1.165) is 12.8 Å². The monoisotopic (exact) mass is 267 g/mol. The van der Waals surface area contributed by atoms with Crippen LogP contribution in [0.1, 0.15) is 40.0 Å². The van der Waals surface area contributed by atoms with E-state index in [1.54, 1.807) is 0 Å². The molecular formula is C15H25NO3. The molecule has 5 atom stereocenters. The van der Waals surface area contributed by atoms with Gasteiger partial charge < -0.3 is 15.2 Å². The summed E-state index contributed by atoms with van der Waals surface area (Å²) in [6.45, 7) is 7.81. The number of rotatable bonds is 2. The van der Waals surface area contributed by atoms with Gasteiger partial charge in [-0.2, -0.15) is 0 Å². The van der Waals surface area contributed by atoms with E-state index >= 15 is 0 Å². The van der Waals surface area contributed by atoms with Crippen LogP contribution in [-0.4, -0.2) is 31.3 Å². The summed E-state index contributed by atoms with van der Waals surface area (Å²) in [5, 5.41) is 0. The highest BCUT2D eigenvalue weighted by molar-refractivity contribution is 5.74. The zero-order valence-electron chi connectivity index (χ0n) is 12.1. The summed E-state index contributed by atoms with van der Waals surface area (Å²) in [6, 6.07) is -0.202. The number of hydrogen-bond donors (Lipinski definition) is 1. The first-order chi connectivity index (χ1) is 8.86. The smallest absolute Gasteiger partial charge is 0.313 e. The second kappa shape index (κ2) is 4.19. The molecule has 108 valence electrons. The van der Waals surface area contributed by atoms with Crippen molar-refractivity contribution in [3.8, 4) is 0 Å². The summed E-state index contributed by atoms with van der Waals surface area (Å²) in [6.07, 6.45) is 3.50. The lowest BCUT2D eigenvalue weighted by Crippen LogP contribution is -2.42. The molecule has 1 heterocycles. The first-order valence-corrected chi connectivity index (χ1v) is 7.40. The molecular weight excluding hydrogens is 242 g/mol. The number of fused-ring (bicyclic) bond motifs is 2. The van der Waals surface area contributed by atoms with Crippen molar-refractivity contribution in [2.45, 2.75) is 52.2 Å². The van der Waals surface area contributed by atoms with E-state index in [0.29, 0.717) is 19.1 Å². The predicted molar refractivity (Wildman–Crippen MR) is 71.4 cm³/mol. The normalized spacial score (nSPS) is 47.6. The molecule has 5 unspecified atom stereocenters. The zero-order chi connectivity index (χ0) is 13.8. The van der Waals surface area contributed by atoms with Crippen molar-refractivity contribution in [1.29, 1.82) is 0 Å². The summed E-state index contributed by atoms with van der Waals surface area (Å²) in [4.78, 5) is 12.3. The van der Waals surface area contributed by atoms with Gasteiger partial charge in [-0.15, -0.1) is 0 Å². The lowest BCUT2D eigenvalue weighted by molar-refractivity contribution is -0.162. The van der Waals surface area contributed by atoms with Gasteiger partial charge in [0.2, 0.25) is 0 Å². The Morgan fingerprint density at radius 3 is 2.53 bits per heavy atom. The number of ether oxygens (including phenoxy) is 2. The average molecular weight is 267 g/mol. The van der Waals surface area contributed by atoms with Crippen LogP contribution in [0.3, 0.4) is 0 Å². The molecule has 1 saturated heterocycles. The molecule has 0 amide bonds. The SMILES string of the molecule is CC1(C)C2CCC1(C)C(OC(=O)C1COCC1N)C2. The molecule has 4 nitrogen and oxygen atoms in total. The minimum absolute atomic E-state index is 0.0570. The van der Waals surface area contributed by atoms with E-state index in [1.165, 1.54) is 6.42 Å². The van der Waals surface area contributed by atoms with Crippen molar-refractivity contribution in [3.05, 3.63) is 0 Å². The summed E-state index contributed by atoms with van der Waals surface area (Å²) >= 11 is 0. The van der Waals surface area contributed by atoms with E-state index in [9.17, 15) is 4.79 Å². The Kier molecular flexibility index (Phi) is 2.95. The van der Waals surface area contributed by atoms with Crippen LogP contribution in [0.15, 0.2) is 0 Å². The maximum absolute atomic E-state index is 12.3. The quantitative estimate of drug-likeness (QED) is 0.774. The highest BCUT2D eigenvalue weighted by Crippen LogP contribution is 2.66. The van der Waals surface area contributed by atoms with Crippen molar-refractivity contribution in [3.63, 3.8) is 0 Å². The molecule has 0 aromatic rings. The highest BCUT2D eigenvalue weighted by Gasteiger charge is 2.63. The standard InChI is InChI=1S/C15H25NO3/c1-14(2)9-4-5-15(14,3)12(6-9)19-13(17)10-7-18-8-11(10)16/h9-12H,4-8,16H2,1-3H3. The Morgan fingerprint density at radius 1 is 1.32 bits per heavy atom. The van der Waals surface area contributed by atoms with Crippen LogP contribution in [0, 0.1) is 22.7 Å². The summed E-state index contributed by atoms with van der Waals surface area (Å²) in [5.74, 6) is 0.259. The van der Waals surface area contributed by atoms with Gasteiger partial charge in [-0.1, -0.05) is 20.8 Å². The molecule has 1 aliphatic heterocycles. The van der Waals surface area contributed by atoms with Gasteiger partial charge in [0, 0.05) is 11.5 Å². The van der Waals surface area contributed by atoms with E-state index in [-0.39, 0.29) is 34.9 Å². The van der Waals surface area contributed by atoms with Gasteiger partial charge in [-0.05, 0) is 30.6 Å². The summed E-state index contributed by atoms with van der Waals surface area (Å²) in [7, 11) is 0. The highest BCUT2D eigenvalue weighted by atomic mass is 16.6. The van der Waals surface area contributed by atoms with E-state index in [2.05, 4.69) is 20.8 Å². The van der Waals surface area contributed by atoms with Gasteiger partial charge in [0.25, 0.3) is 0 Å². The Labute approximate surface area is 115 Å². The molecule has 2 saturated carbocycles. The van der Waals surface area contributed by atoms with Crippen molar-refractivity contribution >= 4 is 5.97 Å². The fraction of sp³-hybridized carbons (Fsp3) is 0.933. The second-order valence-corrected chi connectivity index (χ2v) is 7.34. The summed E-state index contributed by atoms with van der Waals surface area (Å²) < 4.78 is 11.1. The van der Waals surface area contributed by atoms with Crippen LogP contribution in [0.25, 0.3) is 0 Å². The van der Waals surface area contributed by atoms with Gasteiger partial charge in [0.1, 0.15) is 6.10 Å². The third-order valence-corrected chi connectivity index (χ3v) is 6.40. The Balaban J connectivity index is 1.70. The van der Waals surface area contributed by atoms with Crippen LogP contribution in [0.4, 0.5) is 0 Å². The minimum atomic E-state index is -0.272. The Hall–Kier alpha value is -0.610. The average Bonchev–Trinajstić information content (AvgIpc) is 2.90. The van der Waals surface area contributed by atoms with Crippen molar-refractivity contribution < 1.29 is 14.3 Å². The topological polar surface area (TPSA) is 61.5 Å². The fourth-order valence-corrected chi connectivity index (χ4v) is 4.35. The van der Waals surface area contributed by atoms with Gasteiger partial charge in [0.05, 0.1) is 19.1 Å². The van der Waals surface area contributed by atoms with Crippen molar-refractivity contribution in [2.75, 3.05) is 13.2 Å². The van der Waals surface area contributed by atoms with Crippen LogP contribution < -0.4 is 5.73 Å². The molecule has 0 spiro atoms. The van der Waals surface area contributed by atoms with Crippen LogP contribution in [0.5, 0.6) is 0 Å². The van der Waals surface area contributed by atoms with E-state index in [4.69, 9.17) is 15.2 Å². The molecule has 2 bridgehead atoms. The number of hydrogen-bond acceptors (Lipinski definition) is 4. The fourth-order valence-electron chi connectivity index (χ4n) is 4.35. The van der Waals surface area contributed by atoms with Gasteiger partial charge in [-0.3, -0.25) is 4.79 Å². The molecule has 3 aliphatic rings. The maximum atomic E-state index is 12.3. The molecule has 0 radical (unpaired) electrons. The largest absolute Gasteiger partial charge is 0.461 e. The number of nitrogens with two attached hydrogens (primary N) is 1. The molecule has 4 heteroatoms. The van der Waals surface area contributed by atoms with Crippen LogP contribution in [0.2, 0.25) is 0 Å². The molecule has 19 heavy (non-hydrogen) atoms. The number of carbonyl (C=O) groups excluding carboxylic acids is 1. The van der Waals surface area contributed by atoms with E-state index in [1.807, 2.05) is 0 Å². The minimum Gasteiger partial charge on any atom is -0.461 e. The lowest BCUT2D eigenvalue weighted by atomic mass is 9.70. The third kappa shape index (κ3) is 1.76. The predicted octanol–water partition coefficient (Wildman–Crippen LogP) is 1.72. The van der Waals surface area contributed by atoms with Crippen LogP contribution >= 0.6 is 0 Å². The van der Waals surface area contributed by atoms with Crippen LogP contribution in [-0.2, 0) is 14.3 Å². The second-order valence-electron chi connectivity index (χ2n) is 7.34. The Morgan fingerprint density at radius 2 is 2.05 bits per heavy atom. The molecule has 2 aliphatic carbocycles. The van der Waals surface area contributed by atoms with Crippen molar-refractivity contribution in [1.82, 2.24) is 0 Å². The van der Waals surface area contributed by atoms with Gasteiger partial charge >= 0.3 is 5.97 Å². The summed E-state index contributed by atoms with van der Waals surface area (Å²) in [5.41, 5.74) is 6.28. The number of carbonyl (C=O) groups is 1. The lowest BCUT2D eigenvalue weighted by Gasteiger charge is -2.38. The molecule has 3 fully saturated rings. The zero-order valence-corrected chi connectivity index (χ0v) is 12.1. The van der Waals surface area contributed by atoms with E-state index < -0.39 is 0 Å². The molecule has 3 rings (SSSR count). The molecule has 0 aromatic carbocycles. The number of esters is 1.